The van der Waals surface area contributed by atoms with E-state index in [1.807, 2.05) is 0 Å². The number of benzene rings is 2. The molecule has 1 unspecified atom stereocenters. The molecule has 0 saturated carbocycles. The molecule has 11 heteroatoms. The predicted octanol–water partition coefficient (Wildman–Crippen LogP) is 3.18. The zero-order valence-electron chi connectivity index (χ0n) is 14.2. The third kappa shape index (κ3) is 4.92. The van der Waals surface area contributed by atoms with E-state index in [-0.39, 0.29) is 22.1 Å². The number of anilines is 2. The van der Waals surface area contributed by atoms with E-state index in [4.69, 9.17) is 11.6 Å². The minimum absolute atomic E-state index is 0.0357. The molecule has 144 valence electrons. The summed E-state index contributed by atoms with van der Waals surface area (Å²) in [6, 6.07) is 7.17. The molecule has 8 nitrogen and oxygen atoms in total. The van der Waals surface area contributed by atoms with Crippen LogP contribution in [0, 0.1) is 15.9 Å². The van der Waals surface area contributed by atoms with Gasteiger partial charge in [0.15, 0.2) is 0 Å². The molecule has 0 aromatic heterocycles. The molecule has 1 N–H and O–H groups in total. The summed E-state index contributed by atoms with van der Waals surface area (Å²) in [7, 11) is -3.95. The average molecular weight is 416 g/mol. The number of halogens is 2. The Morgan fingerprint density at radius 2 is 1.96 bits per heavy atom. The van der Waals surface area contributed by atoms with E-state index >= 15 is 0 Å². The van der Waals surface area contributed by atoms with Crippen molar-refractivity contribution < 1.29 is 22.5 Å². The number of nitro benzene ring substituents is 1. The lowest BCUT2D eigenvalue weighted by atomic mass is 10.2. The molecule has 2 rings (SSSR count). The highest BCUT2D eigenvalue weighted by molar-refractivity contribution is 7.92. The van der Waals surface area contributed by atoms with Crippen molar-refractivity contribution in [3.63, 3.8) is 0 Å². The van der Waals surface area contributed by atoms with Gasteiger partial charge in [-0.15, -0.1) is 0 Å². The molecule has 0 fully saturated rings. The number of hydrogen-bond acceptors (Lipinski definition) is 5. The second-order valence-electron chi connectivity index (χ2n) is 5.63. The Labute approximate surface area is 159 Å². The van der Waals surface area contributed by atoms with Gasteiger partial charge in [-0.2, -0.15) is 0 Å². The molecule has 27 heavy (non-hydrogen) atoms. The fourth-order valence-electron chi connectivity index (χ4n) is 2.37. The maximum atomic E-state index is 13.2. The van der Waals surface area contributed by atoms with Gasteiger partial charge in [0.2, 0.25) is 15.9 Å². The van der Waals surface area contributed by atoms with Crippen LogP contribution < -0.4 is 9.62 Å². The summed E-state index contributed by atoms with van der Waals surface area (Å²) >= 11 is 5.66. The summed E-state index contributed by atoms with van der Waals surface area (Å²) in [5.41, 5.74) is -0.184. The molecule has 0 heterocycles. The van der Waals surface area contributed by atoms with Crippen LogP contribution in [-0.2, 0) is 14.8 Å². The van der Waals surface area contributed by atoms with Gasteiger partial charge >= 0.3 is 0 Å². The molecule has 1 atom stereocenters. The van der Waals surface area contributed by atoms with Crippen molar-refractivity contribution in [1.82, 2.24) is 0 Å². The molecule has 2 aromatic carbocycles. The Bertz CT molecular complexity index is 999. The van der Waals surface area contributed by atoms with E-state index in [2.05, 4.69) is 5.32 Å². The number of carbonyl (C=O) groups is 1. The molecule has 0 bridgehead atoms. The molecule has 0 saturated heterocycles. The first-order valence-electron chi connectivity index (χ1n) is 7.50. The summed E-state index contributed by atoms with van der Waals surface area (Å²) in [6.07, 6.45) is 0.879. The monoisotopic (exact) mass is 415 g/mol. The van der Waals surface area contributed by atoms with Crippen LogP contribution in [0.2, 0.25) is 5.02 Å². The van der Waals surface area contributed by atoms with Crippen LogP contribution in [0.1, 0.15) is 6.92 Å². The maximum absolute atomic E-state index is 13.2. The van der Waals surface area contributed by atoms with Gasteiger partial charge in [-0.3, -0.25) is 19.2 Å². The van der Waals surface area contributed by atoms with Gasteiger partial charge in [0, 0.05) is 17.8 Å². The Hall–Kier alpha value is -2.72. The number of hydrogen-bond donors (Lipinski definition) is 1. The Balaban J connectivity index is 2.36. The van der Waals surface area contributed by atoms with Gasteiger partial charge in [0.05, 0.1) is 21.9 Å². The lowest BCUT2D eigenvalue weighted by molar-refractivity contribution is -0.384. The Morgan fingerprint density at radius 1 is 1.30 bits per heavy atom. The number of sulfonamides is 1. The largest absolute Gasteiger partial charge is 0.324 e. The summed E-state index contributed by atoms with van der Waals surface area (Å²) in [6.45, 7) is 1.32. The van der Waals surface area contributed by atoms with Crippen LogP contribution in [-0.4, -0.2) is 31.5 Å². The lowest BCUT2D eigenvalue weighted by Crippen LogP contribution is -2.45. The van der Waals surface area contributed by atoms with Crippen molar-refractivity contribution in [3.05, 3.63) is 63.4 Å². The van der Waals surface area contributed by atoms with Crippen molar-refractivity contribution in [3.8, 4) is 0 Å². The normalized spacial score (nSPS) is 12.3. The lowest BCUT2D eigenvalue weighted by Gasteiger charge is -2.28. The summed E-state index contributed by atoms with van der Waals surface area (Å²) in [4.78, 5) is 22.8. The molecule has 0 aliphatic carbocycles. The van der Waals surface area contributed by atoms with Gasteiger partial charge in [-0.05, 0) is 31.2 Å². The summed E-state index contributed by atoms with van der Waals surface area (Å²) < 4.78 is 38.4. The first kappa shape index (κ1) is 20.6. The second kappa shape index (κ2) is 7.89. The molecule has 0 aliphatic heterocycles. The SMILES string of the molecule is CC(C(=O)Nc1ccc(F)c(Cl)c1)N(c1cccc([N+](=O)[O-])c1)S(C)(=O)=O. The molecular weight excluding hydrogens is 401 g/mol. The van der Waals surface area contributed by atoms with Crippen molar-refractivity contribution >= 4 is 44.6 Å². The number of carbonyl (C=O) groups excluding carboxylic acids is 1. The van der Waals surface area contributed by atoms with E-state index in [9.17, 15) is 27.7 Å². The standard InChI is InChI=1S/C16H15ClFN3O5S/c1-10(16(22)19-11-6-7-15(18)14(17)8-11)20(27(2,25)26)12-4-3-5-13(9-12)21(23)24/h3-10H,1-2H3,(H,19,22). The number of rotatable bonds is 6. The average Bonchev–Trinajstić information content (AvgIpc) is 2.57. The molecule has 1 amide bonds. The van der Waals surface area contributed by atoms with Gasteiger partial charge < -0.3 is 5.32 Å². The number of nitrogens with one attached hydrogen (secondary N) is 1. The van der Waals surface area contributed by atoms with Crippen LogP contribution in [0.3, 0.4) is 0 Å². The number of amides is 1. The molecule has 0 aliphatic rings. The van der Waals surface area contributed by atoms with Crippen molar-refractivity contribution in [2.24, 2.45) is 0 Å². The van der Waals surface area contributed by atoms with E-state index in [0.717, 1.165) is 22.7 Å². The molecular formula is C16H15ClFN3O5S. The fourth-order valence-corrected chi connectivity index (χ4v) is 3.72. The second-order valence-corrected chi connectivity index (χ2v) is 7.90. The van der Waals surface area contributed by atoms with Crippen molar-refractivity contribution in [1.29, 1.82) is 0 Å². The molecule has 2 aromatic rings. The molecule has 0 spiro atoms. The van der Waals surface area contributed by atoms with Crippen LogP contribution in [0.25, 0.3) is 0 Å². The van der Waals surface area contributed by atoms with Crippen LogP contribution in [0.5, 0.6) is 0 Å². The van der Waals surface area contributed by atoms with E-state index < -0.39 is 32.7 Å². The van der Waals surface area contributed by atoms with Crippen molar-refractivity contribution in [2.75, 3.05) is 15.9 Å². The van der Waals surface area contributed by atoms with Crippen molar-refractivity contribution in [2.45, 2.75) is 13.0 Å². The van der Waals surface area contributed by atoms with E-state index in [1.54, 1.807) is 0 Å². The minimum Gasteiger partial charge on any atom is -0.324 e. The Kier molecular flexibility index (Phi) is 6.01. The smallest absolute Gasteiger partial charge is 0.271 e. The van der Waals surface area contributed by atoms with Gasteiger partial charge in [0.1, 0.15) is 11.9 Å². The number of nitrogens with zero attached hydrogens (tertiary/aromatic N) is 2. The summed E-state index contributed by atoms with van der Waals surface area (Å²) in [5.74, 6) is -1.40. The Morgan fingerprint density at radius 3 is 2.52 bits per heavy atom. The zero-order valence-corrected chi connectivity index (χ0v) is 15.8. The topological polar surface area (TPSA) is 110 Å². The predicted molar refractivity (Wildman–Crippen MR) is 99.9 cm³/mol. The first-order valence-corrected chi connectivity index (χ1v) is 9.73. The summed E-state index contributed by atoms with van der Waals surface area (Å²) in [5, 5.41) is 13.2. The van der Waals surface area contributed by atoms with E-state index in [0.29, 0.717) is 0 Å². The quantitative estimate of drug-likeness (QED) is 0.575. The fraction of sp³-hybridized carbons (Fsp3) is 0.188. The minimum atomic E-state index is -3.95. The third-order valence-electron chi connectivity index (χ3n) is 3.57. The number of nitro groups is 1. The van der Waals surface area contributed by atoms with Gasteiger partial charge in [-0.1, -0.05) is 17.7 Å². The number of non-ortho nitro benzene ring substituents is 1. The van der Waals surface area contributed by atoms with Gasteiger partial charge in [0.25, 0.3) is 5.69 Å². The van der Waals surface area contributed by atoms with Crippen LogP contribution in [0.4, 0.5) is 21.5 Å². The highest BCUT2D eigenvalue weighted by atomic mass is 35.5. The third-order valence-corrected chi connectivity index (χ3v) is 5.10. The highest BCUT2D eigenvalue weighted by Crippen LogP contribution is 2.26. The zero-order chi connectivity index (χ0) is 20.4. The van der Waals surface area contributed by atoms with Crippen LogP contribution >= 0.6 is 11.6 Å². The highest BCUT2D eigenvalue weighted by Gasteiger charge is 2.30. The van der Waals surface area contributed by atoms with Gasteiger partial charge in [-0.25, -0.2) is 12.8 Å². The molecule has 0 radical (unpaired) electrons. The van der Waals surface area contributed by atoms with Crippen LogP contribution in [0.15, 0.2) is 42.5 Å². The first-order chi connectivity index (χ1) is 12.5. The van der Waals surface area contributed by atoms with E-state index in [1.165, 1.54) is 37.3 Å². The maximum Gasteiger partial charge on any atom is 0.271 e.